The maximum atomic E-state index is 13.1. The highest BCUT2D eigenvalue weighted by atomic mass is 16.5. The third-order valence-electron chi connectivity index (χ3n) is 6.54. The van der Waals surface area contributed by atoms with Gasteiger partial charge in [-0.2, -0.15) is 9.78 Å². The number of fused-ring (bicyclic) bond motifs is 1. The van der Waals surface area contributed by atoms with E-state index in [1.54, 1.807) is 42.5 Å². The Kier molecular flexibility index (Phi) is 7.95. The molecular weight excluding hydrogens is 428 g/mol. The van der Waals surface area contributed by atoms with E-state index in [4.69, 9.17) is 4.74 Å². The van der Waals surface area contributed by atoms with Crippen LogP contribution in [-0.2, 0) is 0 Å². The first-order valence-corrected chi connectivity index (χ1v) is 12.4. The van der Waals surface area contributed by atoms with E-state index in [0.29, 0.717) is 35.7 Å². The van der Waals surface area contributed by atoms with Crippen molar-refractivity contribution < 1.29 is 9.53 Å². The molecule has 1 N–H and O–H groups in total. The van der Waals surface area contributed by atoms with Gasteiger partial charge in [-0.15, -0.1) is 0 Å². The Morgan fingerprint density at radius 3 is 2.59 bits per heavy atom. The fraction of sp³-hybridized carbons (Fsp3) is 0.444. The lowest BCUT2D eigenvalue weighted by molar-refractivity contribution is 0.0942. The number of aromatic nitrogens is 2. The lowest BCUT2D eigenvalue weighted by atomic mass is 10.00. The number of carbonyl (C=O) groups excluding carboxylic acids is 1. The maximum Gasteiger partial charge on any atom is 0.279 e. The Hall–Kier alpha value is -3.19. The molecule has 1 atom stereocenters. The van der Waals surface area contributed by atoms with Gasteiger partial charge in [-0.1, -0.05) is 31.5 Å². The second-order valence-electron chi connectivity index (χ2n) is 8.74. The largest absolute Gasteiger partial charge is 0.494 e. The molecule has 0 aliphatic carbocycles. The van der Waals surface area contributed by atoms with E-state index in [-0.39, 0.29) is 17.2 Å². The van der Waals surface area contributed by atoms with Gasteiger partial charge >= 0.3 is 0 Å². The number of hydrogen-bond donors (Lipinski definition) is 1. The highest BCUT2D eigenvalue weighted by Crippen LogP contribution is 2.20. The zero-order valence-electron chi connectivity index (χ0n) is 20.1. The minimum atomic E-state index is -0.262. The van der Waals surface area contributed by atoms with Gasteiger partial charge < -0.3 is 15.0 Å². The van der Waals surface area contributed by atoms with Crippen molar-refractivity contribution in [2.75, 3.05) is 26.2 Å². The van der Waals surface area contributed by atoms with Crippen molar-refractivity contribution in [3.8, 4) is 11.4 Å². The lowest BCUT2D eigenvalue weighted by Gasteiger charge is -2.35. The molecule has 0 saturated carbocycles. The Bertz CT molecular complexity index is 1170. The Labute approximate surface area is 200 Å². The third-order valence-corrected chi connectivity index (χ3v) is 6.54. The second-order valence-corrected chi connectivity index (χ2v) is 8.74. The monoisotopic (exact) mass is 462 g/mol. The number of nitrogens with zero attached hydrogens (tertiary/aromatic N) is 3. The van der Waals surface area contributed by atoms with Crippen molar-refractivity contribution in [3.05, 3.63) is 64.6 Å². The van der Waals surface area contributed by atoms with Crippen molar-refractivity contribution in [1.82, 2.24) is 20.0 Å². The predicted molar refractivity (Wildman–Crippen MR) is 135 cm³/mol. The molecule has 4 rings (SSSR count). The fourth-order valence-electron chi connectivity index (χ4n) is 4.77. The summed E-state index contributed by atoms with van der Waals surface area (Å²) in [4.78, 5) is 28.8. The second kappa shape index (κ2) is 11.3. The lowest BCUT2D eigenvalue weighted by Crippen LogP contribution is -2.40. The number of carbonyl (C=O) groups is 1. The summed E-state index contributed by atoms with van der Waals surface area (Å²) in [6.07, 6.45) is 5.90. The molecule has 7 nitrogen and oxygen atoms in total. The molecule has 1 fully saturated rings. The predicted octanol–water partition coefficient (Wildman–Crippen LogP) is 4.17. The number of hydrogen-bond acceptors (Lipinski definition) is 5. The number of benzene rings is 2. The molecule has 180 valence electrons. The van der Waals surface area contributed by atoms with Crippen LogP contribution in [0.5, 0.6) is 5.75 Å². The van der Waals surface area contributed by atoms with Crippen molar-refractivity contribution in [1.29, 1.82) is 0 Å². The van der Waals surface area contributed by atoms with E-state index < -0.39 is 0 Å². The molecule has 0 unspecified atom stereocenters. The summed E-state index contributed by atoms with van der Waals surface area (Å²) >= 11 is 0. The van der Waals surface area contributed by atoms with Gasteiger partial charge in [0.2, 0.25) is 0 Å². The maximum absolute atomic E-state index is 13.1. The van der Waals surface area contributed by atoms with Crippen LogP contribution in [0.3, 0.4) is 0 Å². The average molecular weight is 463 g/mol. The third kappa shape index (κ3) is 5.30. The molecule has 1 saturated heterocycles. The Morgan fingerprint density at radius 2 is 1.85 bits per heavy atom. The zero-order valence-corrected chi connectivity index (χ0v) is 20.1. The summed E-state index contributed by atoms with van der Waals surface area (Å²) in [6, 6.07) is 14.9. The van der Waals surface area contributed by atoms with Crippen molar-refractivity contribution in [3.63, 3.8) is 0 Å². The summed E-state index contributed by atoms with van der Waals surface area (Å²) in [5.74, 6) is 0.457. The van der Waals surface area contributed by atoms with Crippen molar-refractivity contribution >= 4 is 16.7 Å². The number of nitrogens with one attached hydrogen (secondary N) is 1. The molecule has 34 heavy (non-hydrogen) atoms. The summed E-state index contributed by atoms with van der Waals surface area (Å²) in [6.45, 7) is 7.44. The minimum absolute atomic E-state index is 0.257. The van der Waals surface area contributed by atoms with Crippen LogP contribution in [0.1, 0.15) is 56.4 Å². The summed E-state index contributed by atoms with van der Waals surface area (Å²) in [7, 11) is 0. The van der Waals surface area contributed by atoms with Gasteiger partial charge in [0.15, 0.2) is 5.69 Å². The smallest absolute Gasteiger partial charge is 0.279 e. The minimum Gasteiger partial charge on any atom is -0.494 e. The van der Waals surface area contributed by atoms with E-state index in [2.05, 4.69) is 22.2 Å². The molecule has 7 heteroatoms. The molecule has 3 aromatic rings. The van der Waals surface area contributed by atoms with Gasteiger partial charge in [0.25, 0.3) is 11.5 Å². The van der Waals surface area contributed by atoms with Crippen LogP contribution in [0.2, 0.25) is 0 Å². The van der Waals surface area contributed by atoms with Crippen LogP contribution < -0.4 is 15.6 Å². The molecule has 2 aromatic carbocycles. The summed E-state index contributed by atoms with van der Waals surface area (Å²) in [5.41, 5.74) is 0.587. The molecule has 1 aliphatic rings. The molecule has 1 aromatic heterocycles. The number of amides is 1. The van der Waals surface area contributed by atoms with E-state index in [1.165, 1.54) is 30.4 Å². The zero-order chi connectivity index (χ0) is 23.9. The van der Waals surface area contributed by atoms with E-state index >= 15 is 0 Å². The van der Waals surface area contributed by atoms with Crippen LogP contribution in [0.4, 0.5) is 0 Å². The van der Waals surface area contributed by atoms with Crippen molar-refractivity contribution in [2.24, 2.45) is 0 Å². The number of ether oxygens (including phenoxy) is 1. The average Bonchev–Trinajstić information content (AvgIpc) is 2.88. The molecule has 0 spiro atoms. The van der Waals surface area contributed by atoms with Crippen LogP contribution in [-0.4, -0.2) is 52.9 Å². The van der Waals surface area contributed by atoms with Gasteiger partial charge in [-0.05, 0) is 69.5 Å². The van der Waals surface area contributed by atoms with Crippen LogP contribution in [0.25, 0.3) is 16.5 Å². The van der Waals surface area contributed by atoms with E-state index in [9.17, 15) is 9.59 Å². The normalized spacial score (nSPS) is 16.5. The van der Waals surface area contributed by atoms with Gasteiger partial charge in [0.05, 0.1) is 17.7 Å². The van der Waals surface area contributed by atoms with E-state index in [0.717, 1.165) is 25.3 Å². The van der Waals surface area contributed by atoms with E-state index in [1.807, 2.05) is 13.0 Å². The van der Waals surface area contributed by atoms with Crippen molar-refractivity contribution in [2.45, 2.75) is 52.0 Å². The number of piperidine rings is 1. The molecule has 1 aliphatic heterocycles. The van der Waals surface area contributed by atoms with Crippen LogP contribution >= 0.6 is 0 Å². The van der Waals surface area contributed by atoms with Crippen LogP contribution in [0.15, 0.2) is 53.3 Å². The SMILES string of the molecule is CCOc1ccc(-n2nc(C(=O)NCCCN3CCCC[C@H]3CC)c3ccccc3c2=O)cc1. The Morgan fingerprint density at radius 1 is 1.09 bits per heavy atom. The van der Waals surface area contributed by atoms with Gasteiger partial charge in [0, 0.05) is 24.5 Å². The topological polar surface area (TPSA) is 76.5 Å². The summed E-state index contributed by atoms with van der Waals surface area (Å²) < 4.78 is 6.79. The fourth-order valence-corrected chi connectivity index (χ4v) is 4.77. The first kappa shape index (κ1) is 24.0. The first-order valence-electron chi connectivity index (χ1n) is 12.4. The first-order chi connectivity index (χ1) is 16.6. The highest BCUT2D eigenvalue weighted by molar-refractivity contribution is 6.04. The van der Waals surface area contributed by atoms with Gasteiger partial charge in [-0.25, -0.2) is 0 Å². The number of likely N-dealkylation sites (tertiary alicyclic amines) is 1. The highest BCUT2D eigenvalue weighted by Gasteiger charge is 2.21. The molecule has 2 heterocycles. The molecular formula is C27H34N4O3. The molecule has 0 bridgehead atoms. The quantitative estimate of drug-likeness (QED) is 0.483. The summed E-state index contributed by atoms with van der Waals surface area (Å²) in [5, 5.41) is 8.54. The number of rotatable bonds is 9. The standard InChI is InChI=1S/C27H34N4O3/c1-3-20-10-7-8-18-30(20)19-9-17-28-26(32)25-23-11-5-6-12-24(23)27(33)31(29-25)21-13-15-22(16-14-21)34-4-2/h5-6,11-16,20H,3-4,7-10,17-19H2,1-2H3,(H,28,32)/t20-/m1/s1. The van der Waals surface area contributed by atoms with Crippen LogP contribution in [0, 0.1) is 0 Å². The molecule has 1 amide bonds. The van der Waals surface area contributed by atoms with Gasteiger partial charge in [-0.3, -0.25) is 9.59 Å². The van der Waals surface area contributed by atoms with Gasteiger partial charge in [0.1, 0.15) is 5.75 Å². The Balaban J connectivity index is 1.52. The molecule has 0 radical (unpaired) electrons.